The molecule has 0 rings (SSSR count). The van der Waals surface area contributed by atoms with Gasteiger partial charge in [0, 0.05) is 0 Å². The molecule has 0 aromatic heterocycles. The van der Waals surface area contributed by atoms with E-state index >= 15 is 0 Å². The number of allylic oxidation sites excluding steroid dienone is 3. The smallest absolute Gasteiger partial charge is 0.0351 e. The Morgan fingerprint density at radius 3 is 1.23 bits per heavy atom. The third-order valence-corrected chi connectivity index (χ3v) is 4.43. The summed E-state index contributed by atoms with van der Waals surface area (Å²) in [6, 6.07) is 0. The van der Waals surface area contributed by atoms with E-state index in [1.807, 2.05) is 6.08 Å². The highest BCUT2D eigenvalue weighted by Gasteiger charge is 1.94. The summed E-state index contributed by atoms with van der Waals surface area (Å²) in [5.74, 6) is 0. The van der Waals surface area contributed by atoms with Gasteiger partial charge < -0.3 is 0 Å². The van der Waals surface area contributed by atoms with Crippen molar-refractivity contribution in [3.8, 4) is 0 Å². The molecule has 0 atom stereocenters. The van der Waals surface area contributed by atoms with Gasteiger partial charge in [-0.3, -0.25) is 0 Å². The summed E-state index contributed by atoms with van der Waals surface area (Å²) >= 11 is 0. The van der Waals surface area contributed by atoms with Crippen molar-refractivity contribution in [1.82, 2.24) is 0 Å². The molecule has 0 fully saturated rings. The van der Waals surface area contributed by atoms with Crippen molar-refractivity contribution < 1.29 is 0 Å². The van der Waals surface area contributed by atoms with E-state index < -0.39 is 0 Å². The third kappa shape index (κ3) is 19.5. The Morgan fingerprint density at radius 1 is 0.500 bits per heavy atom. The fraction of sp³-hybridized carbons (Fsp3) is 0.818. The van der Waals surface area contributed by atoms with Crippen LogP contribution in [0.2, 0.25) is 0 Å². The van der Waals surface area contributed by atoms with Gasteiger partial charge in [-0.2, -0.15) is 0 Å². The van der Waals surface area contributed by atoms with Crippen LogP contribution in [-0.2, 0) is 0 Å². The molecule has 0 amide bonds. The molecule has 0 nitrogen and oxygen atoms in total. The largest absolute Gasteiger partial charge is 0.103 e. The fourth-order valence-corrected chi connectivity index (χ4v) is 2.96. The lowest BCUT2D eigenvalue weighted by Crippen LogP contribution is -1.83. The van der Waals surface area contributed by atoms with Crippen LogP contribution in [0.15, 0.2) is 24.8 Å². The molecule has 0 saturated carbocycles. The van der Waals surface area contributed by atoms with Gasteiger partial charge in [0.1, 0.15) is 0 Å². The van der Waals surface area contributed by atoms with Gasteiger partial charge in [-0.25, -0.2) is 0 Å². The van der Waals surface area contributed by atoms with Gasteiger partial charge in [-0.05, 0) is 32.1 Å². The van der Waals surface area contributed by atoms with Crippen molar-refractivity contribution in [3.63, 3.8) is 0 Å². The maximum absolute atomic E-state index is 3.77. The number of hydrogen-bond donors (Lipinski definition) is 0. The first-order valence-electron chi connectivity index (χ1n) is 10.2. The molecule has 0 radical (unpaired) electrons. The van der Waals surface area contributed by atoms with Gasteiger partial charge in [0.05, 0.1) is 0 Å². The van der Waals surface area contributed by atoms with Crippen LogP contribution >= 0.6 is 0 Å². The molecule has 130 valence electrons. The minimum atomic E-state index is 1.19. The molecule has 0 heteroatoms. The number of hydrogen-bond acceptors (Lipinski definition) is 0. The maximum Gasteiger partial charge on any atom is -0.0351 e. The average Bonchev–Trinajstić information content (AvgIpc) is 2.54. The van der Waals surface area contributed by atoms with Crippen LogP contribution < -0.4 is 0 Å². The van der Waals surface area contributed by atoms with Crippen LogP contribution in [0, 0.1) is 0 Å². The predicted molar refractivity (Wildman–Crippen MR) is 104 cm³/mol. The summed E-state index contributed by atoms with van der Waals surface area (Å²) in [5.41, 5.74) is 0. The Balaban J connectivity index is 2.97. The summed E-state index contributed by atoms with van der Waals surface area (Å²) in [4.78, 5) is 0. The second-order valence-corrected chi connectivity index (χ2v) is 6.70. The molecule has 0 aromatic carbocycles. The quantitative estimate of drug-likeness (QED) is 0.176. The lowest BCUT2D eigenvalue weighted by Gasteiger charge is -2.03. The first-order valence-corrected chi connectivity index (χ1v) is 10.2. The minimum Gasteiger partial charge on any atom is -0.103 e. The van der Waals surface area contributed by atoms with Crippen molar-refractivity contribution in [2.75, 3.05) is 0 Å². The Morgan fingerprint density at radius 2 is 0.864 bits per heavy atom. The van der Waals surface area contributed by atoms with Crippen molar-refractivity contribution in [2.45, 2.75) is 116 Å². The Kier molecular flexibility index (Phi) is 20.0. The zero-order valence-corrected chi connectivity index (χ0v) is 15.5. The first kappa shape index (κ1) is 21.5. The minimum absolute atomic E-state index is 1.19. The molecule has 0 spiro atoms. The molecule has 0 aliphatic carbocycles. The molecule has 0 aromatic rings. The molecule has 0 aliphatic heterocycles. The zero-order chi connectivity index (χ0) is 16.1. The summed E-state index contributed by atoms with van der Waals surface area (Å²) < 4.78 is 0. The normalized spacial score (nSPS) is 11.3. The maximum atomic E-state index is 3.77. The van der Waals surface area contributed by atoms with E-state index in [0.717, 1.165) is 0 Å². The summed E-state index contributed by atoms with van der Waals surface area (Å²) in [7, 11) is 0. The standard InChI is InChI=1S/C22H42/c1-3-5-7-9-11-13-15-17-19-21-22-20-18-16-14-12-10-8-6-4-2/h3,6,8H,1,4-5,7,9-22H2,2H3/b8-6+. The zero-order valence-electron chi connectivity index (χ0n) is 15.5. The van der Waals surface area contributed by atoms with Crippen LogP contribution in [0.5, 0.6) is 0 Å². The second kappa shape index (κ2) is 20.5. The lowest BCUT2D eigenvalue weighted by atomic mass is 10.0. The molecule has 22 heavy (non-hydrogen) atoms. The molecule has 0 heterocycles. The molecular formula is C22H42. The van der Waals surface area contributed by atoms with Gasteiger partial charge in [0.15, 0.2) is 0 Å². The van der Waals surface area contributed by atoms with Gasteiger partial charge in [0.25, 0.3) is 0 Å². The van der Waals surface area contributed by atoms with Gasteiger partial charge in [-0.1, -0.05) is 102 Å². The topological polar surface area (TPSA) is 0 Å². The van der Waals surface area contributed by atoms with Crippen molar-refractivity contribution in [1.29, 1.82) is 0 Å². The first-order chi connectivity index (χ1) is 10.9. The average molecular weight is 307 g/mol. The summed E-state index contributed by atoms with van der Waals surface area (Å²) in [6.07, 6.45) is 30.5. The van der Waals surface area contributed by atoms with Gasteiger partial charge in [-0.15, -0.1) is 6.58 Å². The summed E-state index contributed by atoms with van der Waals surface area (Å²) in [6.45, 7) is 5.98. The van der Waals surface area contributed by atoms with E-state index in [1.54, 1.807) is 0 Å². The van der Waals surface area contributed by atoms with E-state index in [0.29, 0.717) is 0 Å². The monoisotopic (exact) mass is 306 g/mol. The van der Waals surface area contributed by atoms with E-state index in [2.05, 4.69) is 25.7 Å². The molecule has 0 aliphatic rings. The molecular weight excluding hydrogens is 264 g/mol. The molecule has 0 N–H and O–H groups in total. The Labute approximate surface area is 141 Å². The van der Waals surface area contributed by atoms with Crippen LogP contribution in [-0.4, -0.2) is 0 Å². The van der Waals surface area contributed by atoms with E-state index in [-0.39, 0.29) is 0 Å². The van der Waals surface area contributed by atoms with Crippen molar-refractivity contribution in [3.05, 3.63) is 24.8 Å². The number of rotatable bonds is 18. The highest BCUT2D eigenvalue weighted by Crippen LogP contribution is 2.13. The second-order valence-electron chi connectivity index (χ2n) is 6.70. The van der Waals surface area contributed by atoms with Gasteiger partial charge >= 0.3 is 0 Å². The Hall–Kier alpha value is -0.520. The molecule has 0 bridgehead atoms. The van der Waals surface area contributed by atoms with Crippen molar-refractivity contribution >= 4 is 0 Å². The molecule has 0 unspecified atom stereocenters. The van der Waals surface area contributed by atoms with E-state index in [4.69, 9.17) is 0 Å². The predicted octanol–water partition coefficient (Wildman–Crippen LogP) is 8.38. The van der Waals surface area contributed by atoms with E-state index in [1.165, 1.54) is 109 Å². The highest BCUT2D eigenvalue weighted by atomic mass is 14.0. The van der Waals surface area contributed by atoms with Crippen LogP contribution in [0.25, 0.3) is 0 Å². The lowest BCUT2D eigenvalue weighted by molar-refractivity contribution is 0.534. The summed E-state index contributed by atoms with van der Waals surface area (Å²) in [5, 5.41) is 0. The highest BCUT2D eigenvalue weighted by molar-refractivity contribution is 4.79. The molecule has 0 saturated heterocycles. The number of unbranched alkanes of at least 4 members (excludes halogenated alkanes) is 15. The van der Waals surface area contributed by atoms with Crippen LogP contribution in [0.3, 0.4) is 0 Å². The van der Waals surface area contributed by atoms with Crippen LogP contribution in [0.1, 0.15) is 116 Å². The third-order valence-electron chi connectivity index (χ3n) is 4.43. The van der Waals surface area contributed by atoms with Crippen molar-refractivity contribution in [2.24, 2.45) is 0 Å². The fourth-order valence-electron chi connectivity index (χ4n) is 2.96. The van der Waals surface area contributed by atoms with E-state index in [9.17, 15) is 0 Å². The van der Waals surface area contributed by atoms with Gasteiger partial charge in [0.2, 0.25) is 0 Å². The Bertz CT molecular complexity index is 226. The van der Waals surface area contributed by atoms with Crippen LogP contribution in [0.4, 0.5) is 0 Å². The SMILES string of the molecule is C=CCCCCCCCCCCCCCCCC/C=C/CC.